The van der Waals surface area contributed by atoms with Crippen LogP contribution in [0.3, 0.4) is 0 Å². The van der Waals surface area contributed by atoms with Crippen molar-refractivity contribution in [2.45, 2.75) is 56.9 Å². The van der Waals surface area contributed by atoms with Crippen molar-refractivity contribution in [1.29, 1.82) is 0 Å². The minimum absolute atomic E-state index is 0.380. The van der Waals surface area contributed by atoms with Crippen LogP contribution in [0.1, 0.15) is 51.0 Å². The van der Waals surface area contributed by atoms with Gasteiger partial charge in [0.25, 0.3) is 0 Å². The van der Waals surface area contributed by atoms with Crippen LogP contribution in [-0.4, -0.2) is 11.0 Å². The molecule has 0 amide bonds. The summed E-state index contributed by atoms with van der Waals surface area (Å²) in [6.07, 6.45) is 12.9. The van der Waals surface area contributed by atoms with Crippen molar-refractivity contribution in [3.05, 3.63) is 24.0 Å². The van der Waals surface area contributed by atoms with E-state index in [-0.39, 0.29) is 0 Å². The number of nitrogens with two attached hydrogens (primary N) is 1. The highest BCUT2D eigenvalue weighted by Crippen LogP contribution is 2.63. The smallest absolute Gasteiger partial charge is 0.00430 e. The largest absolute Gasteiger partial charge is 0.367 e. The molecule has 4 aliphatic carbocycles. The van der Waals surface area contributed by atoms with Gasteiger partial charge in [0.15, 0.2) is 0 Å². The van der Waals surface area contributed by atoms with Gasteiger partial charge in [0, 0.05) is 18.4 Å². The fourth-order valence-electron chi connectivity index (χ4n) is 5.95. The second-order valence-electron chi connectivity index (χ2n) is 7.73. The van der Waals surface area contributed by atoms with Crippen molar-refractivity contribution >= 4 is 0 Å². The second-order valence-corrected chi connectivity index (χ2v) is 7.73. The van der Waals surface area contributed by atoms with Crippen molar-refractivity contribution in [3.63, 3.8) is 0 Å². The maximum absolute atomic E-state index is 6.09. The molecular weight excluding hydrogens is 232 g/mol. The lowest BCUT2D eigenvalue weighted by molar-refractivity contribution is -0.0605. The zero-order valence-corrected chi connectivity index (χ0v) is 11.9. The van der Waals surface area contributed by atoms with Crippen LogP contribution in [-0.2, 0) is 5.41 Å². The summed E-state index contributed by atoms with van der Waals surface area (Å²) in [6.45, 7) is 2.19. The molecule has 0 aliphatic heterocycles. The van der Waals surface area contributed by atoms with Gasteiger partial charge < -0.3 is 10.7 Å². The van der Waals surface area contributed by atoms with Gasteiger partial charge in [0.1, 0.15) is 0 Å². The Morgan fingerprint density at radius 1 is 1.32 bits per heavy atom. The molecule has 0 aromatic carbocycles. The van der Waals surface area contributed by atoms with Crippen LogP contribution < -0.4 is 5.73 Å². The summed E-state index contributed by atoms with van der Waals surface area (Å²) in [4.78, 5) is 3.28. The summed E-state index contributed by atoms with van der Waals surface area (Å²) in [5.41, 5.74) is 8.20. The minimum atomic E-state index is 0.380. The lowest BCUT2D eigenvalue weighted by Gasteiger charge is -2.60. The first-order valence-corrected chi connectivity index (χ1v) is 8.05. The third-order valence-corrected chi connectivity index (χ3v) is 6.32. The highest BCUT2D eigenvalue weighted by molar-refractivity contribution is 5.27. The van der Waals surface area contributed by atoms with E-state index < -0.39 is 0 Å². The van der Waals surface area contributed by atoms with Gasteiger partial charge >= 0.3 is 0 Å². The number of rotatable bonds is 3. The number of H-pyrrole nitrogens is 1. The van der Waals surface area contributed by atoms with Gasteiger partial charge in [-0.2, -0.15) is 0 Å². The molecule has 1 heterocycles. The molecule has 3 atom stereocenters. The molecule has 0 spiro atoms. The molecule has 0 saturated heterocycles. The molecule has 19 heavy (non-hydrogen) atoms. The zero-order valence-electron chi connectivity index (χ0n) is 11.9. The average Bonchev–Trinajstić information content (AvgIpc) is 2.87. The first kappa shape index (κ1) is 12.0. The highest BCUT2D eigenvalue weighted by atomic mass is 14.7. The second kappa shape index (κ2) is 4.12. The topological polar surface area (TPSA) is 41.8 Å². The lowest BCUT2D eigenvalue weighted by Crippen LogP contribution is -2.53. The Hall–Kier alpha value is -0.760. The Morgan fingerprint density at radius 3 is 2.63 bits per heavy atom. The molecule has 4 fully saturated rings. The summed E-state index contributed by atoms with van der Waals surface area (Å²) in [6, 6.07) is 2.71. The predicted molar refractivity (Wildman–Crippen MR) is 77.8 cm³/mol. The Morgan fingerprint density at radius 2 is 2.05 bits per heavy atom. The van der Waals surface area contributed by atoms with Gasteiger partial charge in [-0.3, -0.25) is 0 Å². The maximum Gasteiger partial charge on any atom is 0.00430 e. The van der Waals surface area contributed by atoms with E-state index >= 15 is 0 Å². The first-order valence-electron chi connectivity index (χ1n) is 8.05. The normalized spacial score (nSPS) is 45.6. The van der Waals surface area contributed by atoms with Gasteiger partial charge in [-0.25, -0.2) is 0 Å². The van der Waals surface area contributed by atoms with Crippen LogP contribution in [0.15, 0.2) is 18.5 Å². The fourth-order valence-corrected chi connectivity index (χ4v) is 5.95. The predicted octanol–water partition coefficient (Wildman–Crippen LogP) is 3.45. The first-order chi connectivity index (χ1) is 9.16. The molecule has 3 N–H and O–H groups in total. The molecule has 2 nitrogen and oxygen atoms in total. The van der Waals surface area contributed by atoms with E-state index in [1.165, 1.54) is 38.5 Å². The molecule has 1 aromatic rings. The molecule has 4 aliphatic rings. The van der Waals surface area contributed by atoms with Gasteiger partial charge in [-0.05, 0) is 86.2 Å². The summed E-state index contributed by atoms with van der Waals surface area (Å²) in [7, 11) is 0. The van der Waals surface area contributed by atoms with Crippen molar-refractivity contribution in [2.75, 3.05) is 0 Å². The standard InChI is InChI=1S/C17H26N2/c1-11(18)4-16-13-5-12-6-14(16)9-17(7-12,8-13)15-2-3-19-10-15/h2-3,10-14,16,19H,4-9,18H2,1H3. The summed E-state index contributed by atoms with van der Waals surface area (Å²) < 4.78 is 0. The van der Waals surface area contributed by atoms with Crippen LogP contribution in [0.4, 0.5) is 0 Å². The average molecular weight is 258 g/mol. The molecule has 5 rings (SSSR count). The summed E-state index contributed by atoms with van der Waals surface area (Å²) in [5, 5.41) is 0. The monoisotopic (exact) mass is 258 g/mol. The molecule has 1 aromatic heterocycles. The van der Waals surface area contributed by atoms with Gasteiger partial charge in [0.2, 0.25) is 0 Å². The summed E-state index contributed by atoms with van der Waals surface area (Å²) in [5.74, 6) is 3.82. The van der Waals surface area contributed by atoms with Crippen LogP contribution >= 0.6 is 0 Å². The van der Waals surface area contributed by atoms with Crippen molar-refractivity contribution in [3.8, 4) is 0 Å². The van der Waals surface area contributed by atoms with Crippen LogP contribution in [0.25, 0.3) is 0 Å². The van der Waals surface area contributed by atoms with Gasteiger partial charge in [-0.1, -0.05) is 0 Å². The van der Waals surface area contributed by atoms with Crippen LogP contribution in [0.2, 0.25) is 0 Å². The molecular formula is C17H26N2. The zero-order chi connectivity index (χ0) is 13.0. The highest BCUT2D eigenvalue weighted by Gasteiger charge is 2.55. The molecule has 4 saturated carbocycles. The number of aromatic amines is 1. The SMILES string of the molecule is CC(N)CC1C2CC3CC1CC(c1cc[nH]c1)(C3)C2. The number of aromatic nitrogens is 1. The number of hydrogen-bond donors (Lipinski definition) is 2. The third-order valence-electron chi connectivity index (χ3n) is 6.32. The van der Waals surface area contributed by atoms with E-state index in [2.05, 4.69) is 30.4 Å². The van der Waals surface area contributed by atoms with Gasteiger partial charge in [0.05, 0.1) is 0 Å². The Balaban J connectivity index is 1.64. The Labute approximate surface area is 116 Å². The van der Waals surface area contributed by atoms with Crippen molar-refractivity contribution in [1.82, 2.24) is 4.98 Å². The quantitative estimate of drug-likeness (QED) is 0.856. The van der Waals surface area contributed by atoms with E-state index in [1.54, 1.807) is 5.56 Å². The van der Waals surface area contributed by atoms with Gasteiger partial charge in [-0.15, -0.1) is 0 Å². The number of nitrogens with one attached hydrogen (secondary N) is 1. The maximum atomic E-state index is 6.09. The molecule has 4 bridgehead atoms. The van der Waals surface area contributed by atoms with E-state index in [0.29, 0.717) is 11.5 Å². The third kappa shape index (κ3) is 1.79. The van der Waals surface area contributed by atoms with Crippen LogP contribution in [0.5, 0.6) is 0 Å². The Bertz CT molecular complexity index is 432. The number of hydrogen-bond acceptors (Lipinski definition) is 1. The van der Waals surface area contributed by atoms with E-state index in [1.807, 2.05) is 0 Å². The Kier molecular flexibility index (Phi) is 2.60. The van der Waals surface area contributed by atoms with E-state index in [9.17, 15) is 0 Å². The molecule has 3 unspecified atom stereocenters. The summed E-state index contributed by atoms with van der Waals surface area (Å²) >= 11 is 0. The van der Waals surface area contributed by atoms with Crippen molar-refractivity contribution < 1.29 is 0 Å². The van der Waals surface area contributed by atoms with E-state index in [4.69, 9.17) is 5.73 Å². The lowest BCUT2D eigenvalue weighted by atomic mass is 9.44. The fraction of sp³-hybridized carbons (Fsp3) is 0.765. The van der Waals surface area contributed by atoms with Crippen molar-refractivity contribution in [2.24, 2.45) is 29.4 Å². The molecule has 2 heteroatoms. The van der Waals surface area contributed by atoms with Crippen LogP contribution in [0, 0.1) is 23.7 Å². The molecule has 0 radical (unpaired) electrons. The molecule has 104 valence electrons. The van der Waals surface area contributed by atoms with E-state index in [0.717, 1.165) is 23.7 Å². The minimum Gasteiger partial charge on any atom is -0.367 e.